The van der Waals surface area contributed by atoms with Crippen molar-refractivity contribution < 1.29 is 24.5 Å². The van der Waals surface area contributed by atoms with Gasteiger partial charge in [0.25, 0.3) is 0 Å². The van der Waals surface area contributed by atoms with Gasteiger partial charge in [-0.3, -0.25) is 9.59 Å². The van der Waals surface area contributed by atoms with E-state index in [-0.39, 0.29) is 17.9 Å². The van der Waals surface area contributed by atoms with Crippen LogP contribution in [0.5, 0.6) is 11.5 Å². The number of aromatic hydroxyl groups is 1. The first-order chi connectivity index (χ1) is 8.52. The third-order valence-corrected chi connectivity index (χ3v) is 3.39. The lowest BCUT2D eigenvalue weighted by atomic mass is 9.88. The van der Waals surface area contributed by atoms with Gasteiger partial charge in [0, 0.05) is 11.0 Å². The van der Waals surface area contributed by atoms with Gasteiger partial charge in [-0.1, -0.05) is 0 Å². The van der Waals surface area contributed by atoms with E-state index in [1.807, 2.05) is 0 Å². The van der Waals surface area contributed by atoms with E-state index in [0.717, 1.165) is 12.8 Å². The topological polar surface area (TPSA) is 83.8 Å². The smallest absolute Gasteiger partial charge is 0.304 e. The molecule has 5 heteroatoms. The zero-order valence-corrected chi connectivity index (χ0v) is 9.97. The summed E-state index contributed by atoms with van der Waals surface area (Å²) >= 11 is 0. The van der Waals surface area contributed by atoms with Crippen molar-refractivity contribution in [3.8, 4) is 11.5 Å². The standard InChI is InChI=1S/C13H14O5/c1-18-11-5-9(8(7-14)4-10(11)15)13(2-3-13)6-12(16)17/h4-5,7,15H,2-3,6H2,1H3,(H,16,17). The van der Waals surface area contributed by atoms with Crippen LogP contribution >= 0.6 is 0 Å². The van der Waals surface area contributed by atoms with Crippen molar-refractivity contribution in [1.82, 2.24) is 0 Å². The number of rotatable bonds is 5. The van der Waals surface area contributed by atoms with Crippen LogP contribution in [0.2, 0.25) is 0 Å². The summed E-state index contributed by atoms with van der Waals surface area (Å²) in [5, 5.41) is 18.5. The minimum Gasteiger partial charge on any atom is -0.504 e. The number of carboxylic acid groups (broad SMARTS) is 1. The van der Waals surface area contributed by atoms with E-state index in [4.69, 9.17) is 9.84 Å². The molecule has 0 atom stereocenters. The Bertz CT molecular complexity index is 502. The minimum atomic E-state index is -0.892. The van der Waals surface area contributed by atoms with Gasteiger partial charge >= 0.3 is 5.97 Å². The van der Waals surface area contributed by atoms with Crippen LogP contribution in [0.1, 0.15) is 35.2 Å². The quantitative estimate of drug-likeness (QED) is 0.777. The van der Waals surface area contributed by atoms with Gasteiger partial charge in [-0.05, 0) is 30.5 Å². The first kappa shape index (κ1) is 12.4. The number of aldehydes is 1. The highest BCUT2D eigenvalue weighted by atomic mass is 16.5. The summed E-state index contributed by atoms with van der Waals surface area (Å²) in [6.07, 6.45) is 2.08. The van der Waals surface area contributed by atoms with Crippen LogP contribution in [0.4, 0.5) is 0 Å². The van der Waals surface area contributed by atoms with Crippen molar-refractivity contribution in [3.63, 3.8) is 0 Å². The third-order valence-electron chi connectivity index (χ3n) is 3.39. The molecule has 1 saturated carbocycles. The molecule has 0 amide bonds. The van der Waals surface area contributed by atoms with Crippen LogP contribution in [0.25, 0.3) is 0 Å². The SMILES string of the molecule is COc1cc(C2(CC(=O)O)CC2)c(C=O)cc1O. The van der Waals surface area contributed by atoms with E-state index in [9.17, 15) is 14.7 Å². The Kier molecular flexibility index (Phi) is 2.98. The van der Waals surface area contributed by atoms with Crippen LogP contribution < -0.4 is 4.74 Å². The van der Waals surface area contributed by atoms with Gasteiger partial charge < -0.3 is 14.9 Å². The van der Waals surface area contributed by atoms with E-state index in [0.29, 0.717) is 17.4 Å². The highest BCUT2D eigenvalue weighted by Crippen LogP contribution is 2.53. The van der Waals surface area contributed by atoms with Crippen LogP contribution in [-0.4, -0.2) is 29.6 Å². The van der Waals surface area contributed by atoms with E-state index >= 15 is 0 Å². The lowest BCUT2D eigenvalue weighted by Crippen LogP contribution is -2.15. The second-order valence-corrected chi connectivity index (χ2v) is 4.58. The van der Waals surface area contributed by atoms with Crippen molar-refractivity contribution in [2.24, 2.45) is 0 Å². The van der Waals surface area contributed by atoms with Gasteiger partial charge in [-0.15, -0.1) is 0 Å². The first-order valence-electron chi connectivity index (χ1n) is 5.61. The van der Waals surface area contributed by atoms with Crippen LogP contribution in [-0.2, 0) is 10.2 Å². The van der Waals surface area contributed by atoms with Crippen LogP contribution in [0.15, 0.2) is 12.1 Å². The summed E-state index contributed by atoms with van der Waals surface area (Å²) in [6, 6.07) is 2.89. The zero-order chi connectivity index (χ0) is 13.3. The largest absolute Gasteiger partial charge is 0.504 e. The number of carbonyl (C=O) groups is 2. The summed E-state index contributed by atoms with van der Waals surface area (Å²) in [4.78, 5) is 21.9. The highest BCUT2D eigenvalue weighted by Gasteiger charge is 2.47. The molecule has 0 aromatic heterocycles. The number of benzene rings is 1. The molecule has 0 spiro atoms. The molecule has 0 unspecified atom stereocenters. The molecule has 5 nitrogen and oxygen atoms in total. The fourth-order valence-electron chi connectivity index (χ4n) is 2.29. The molecular formula is C13H14O5. The third kappa shape index (κ3) is 2.03. The molecule has 1 aromatic rings. The van der Waals surface area contributed by atoms with Crippen molar-refractivity contribution in [2.45, 2.75) is 24.7 Å². The average Bonchev–Trinajstić information content (AvgIpc) is 3.08. The van der Waals surface area contributed by atoms with Gasteiger partial charge in [-0.2, -0.15) is 0 Å². The lowest BCUT2D eigenvalue weighted by Gasteiger charge is -2.17. The molecule has 2 N–H and O–H groups in total. The van der Waals surface area contributed by atoms with Crippen LogP contribution in [0, 0.1) is 0 Å². The molecule has 96 valence electrons. The van der Waals surface area contributed by atoms with Crippen molar-refractivity contribution >= 4 is 12.3 Å². The molecule has 1 aromatic carbocycles. The average molecular weight is 250 g/mol. The second kappa shape index (κ2) is 4.33. The second-order valence-electron chi connectivity index (χ2n) is 4.58. The summed E-state index contributed by atoms with van der Waals surface area (Å²) in [6.45, 7) is 0. The van der Waals surface area contributed by atoms with E-state index in [1.54, 1.807) is 6.07 Å². The predicted molar refractivity (Wildman–Crippen MR) is 63.2 cm³/mol. The Morgan fingerprint density at radius 2 is 2.17 bits per heavy atom. The Hall–Kier alpha value is -2.04. The Morgan fingerprint density at radius 3 is 2.61 bits per heavy atom. The number of aliphatic carboxylic acids is 1. The first-order valence-corrected chi connectivity index (χ1v) is 5.61. The van der Waals surface area contributed by atoms with Crippen molar-refractivity contribution in [1.29, 1.82) is 0 Å². The monoisotopic (exact) mass is 250 g/mol. The van der Waals surface area contributed by atoms with Crippen molar-refractivity contribution in [2.75, 3.05) is 7.11 Å². The Balaban J connectivity index is 2.49. The summed E-state index contributed by atoms with van der Waals surface area (Å²) in [5.74, 6) is -0.752. The normalized spacial score (nSPS) is 16.1. The predicted octanol–water partition coefficient (Wildman–Crippen LogP) is 1.72. The minimum absolute atomic E-state index is 0.0121. The number of methoxy groups -OCH3 is 1. The summed E-state index contributed by atoms with van der Waals surface area (Å²) in [5.41, 5.74) is 0.491. The fourth-order valence-corrected chi connectivity index (χ4v) is 2.29. The molecule has 0 radical (unpaired) electrons. The number of carboxylic acids is 1. The maximum Gasteiger partial charge on any atom is 0.304 e. The van der Waals surface area contributed by atoms with Crippen molar-refractivity contribution in [3.05, 3.63) is 23.3 Å². The molecule has 1 fully saturated rings. The van der Waals surface area contributed by atoms with Gasteiger partial charge in [-0.25, -0.2) is 0 Å². The number of hydrogen-bond acceptors (Lipinski definition) is 4. The summed E-state index contributed by atoms with van der Waals surface area (Å²) in [7, 11) is 1.41. The molecule has 0 heterocycles. The lowest BCUT2D eigenvalue weighted by molar-refractivity contribution is -0.137. The van der Waals surface area contributed by atoms with E-state index in [2.05, 4.69) is 0 Å². The Morgan fingerprint density at radius 1 is 1.50 bits per heavy atom. The van der Waals surface area contributed by atoms with Gasteiger partial charge in [0.1, 0.15) is 6.29 Å². The molecule has 1 aliphatic rings. The molecule has 0 aliphatic heterocycles. The number of phenolic OH excluding ortho intramolecular Hbond substituents is 1. The molecule has 18 heavy (non-hydrogen) atoms. The number of carbonyl (C=O) groups excluding carboxylic acids is 1. The number of phenols is 1. The fraction of sp³-hybridized carbons (Fsp3) is 0.385. The molecule has 0 bridgehead atoms. The van der Waals surface area contributed by atoms with Crippen LogP contribution in [0.3, 0.4) is 0 Å². The maximum absolute atomic E-state index is 11.0. The van der Waals surface area contributed by atoms with Gasteiger partial charge in [0.15, 0.2) is 11.5 Å². The molecule has 2 rings (SSSR count). The van der Waals surface area contributed by atoms with E-state index in [1.165, 1.54) is 13.2 Å². The Labute approximate surface area is 104 Å². The zero-order valence-electron chi connectivity index (χ0n) is 9.97. The molecule has 0 saturated heterocycles. The maximum atomic E-state index is 11.0. The van der Waals surface area contributed by atoms with Gasteiger partial charge in [0.2, 0.25) is 0 Å². The number of ether oxygens (including phenoxy) is 1. The summed E-state index contributed by atoms with van der Waals surface area (Å²) < 4.78 is 5.00. The van der Waals surface area contributed by atoms with Gasteiger partial charge in [0.05, 0.1) is 13.5 Å². The highest BCUT2D eigenvalue weighted by molar-refractivity contribution is 5.81. The number of hydrogen-bond donors (Lipinski definition) is 2. The molecule has 1 aliphatic carbocycles. The van der Waals surface area contributed by atoms with E-state index < -0.39 is 11.4 Å². The molecular weight excluding hydrogens is 236 g/mol.